The molecule has 2 N–H and O–H groups in total. The van der Waals surface area contributed by atoms with Gasteiger partial charge in [-0.1, -0.05) is 0 Å². The van der Waals surface area contributed by atoms with E-state index in [1.807, 2.05) is 4.90 Å². The smallest absolute Gasteiger partial charge is 0.391 e. The van der Waals surface area contributed by atoms with Crippen molar-refractivity contribution in [1.82, 2.24) is 20.1 Å². The van der Waals surface area contributed by atoms with Crippen LogP contribution in [0.15, 0.2) is 40.9 Å². The third-order valence-electron chi connectivity index (χ3n) is 6.40. The molecule has 0 spiro atoms. The monoisotopic (exact) mass is 531 g/mol. The third-order valence-corrected chi connectivity index (χ3v) is 8.58. The van der Waals surface area contributed by atoms with E-state index in [9.17, 15) is 21.6 Å². The fraction of sp³-hybridized carbons (Fsp3) is 0.429. The Morgan fingerprint density at radius 3 is 2.71 bits per heavy atom. The number of ether oxygens (including phenoxy) is 1. The van der Waals surface area contributed by atoms with Crippen LogP contribution < -0.4 is 9.46 Å². The number of piperidine rings is 1. The Labute approximate surface area is 202 Å². The van der Waals surface area contributed by atoms with E-state index in [0.29, 0.717) is 17.7 Å². The molecule has 3 aromatic rings. The van der Waals surface area contributed by atoms with Gasteiger partial charge in [0.05, 0.1) is 24.3 Å². The summed E-state index contributed by atoms with van der Waals surface area (Å²) in [5.74, 6) is -2.26. The summed E-state index contributed by atoms with van der Waals surface area (Å²) >= 11 is 1.05. The maximum absolute atomic E-state index is 15.2. The van der Waals surface area contributed by atoms with Gasteiger partial charge >= 0.3 is 6.18 Å². The second-order valence-corrected chi connectivity index (χ2v) is 11.0. The number of likely N-dealkylation sites (tertiary alicyclic amines) is 1. The minimum absolute atomic E-state index is 0.0898. The van der Waals surface area contributed by atoms with E-state index in [1.54, 1.807) is 11.4 Å². The first-order chi connectivity index (χ1) is 16.6. The van der Waals surface area contributed by atoms with Crippen molar-refractivity contribution < 1.29 is 30.7 Å². The summed E-state index contributed by atoms with van der Waals surface area (Å²) in [4.78, 5) is 5.16. The summed E-state index contributed by atoms with van der Waals surface area (Å²) in [6.45, 7) is 0.336. The van der Waals surface area contributed by atoms with Gasteiger partial charge < -0.3 is 4.74 Å². The predicted octanol–water partition coefficient (Wildman–Crippen LogP) is 4.65. The Balaban J connectivity index is 1.48. The molecule has 4 heterocycles. The summed E-state index contributed by atoms with van der Waals surface area (Å²) in [7, 11) is -4.27. The topological polar surface area (TPSA) is 100 Å². The number of nitrogens with zero attached hydrogens (tertiary/aromatic N) is 3. The molecule has 0 bridgehead atoms. The van der Waals surface area contributed by atoms with E-state index < -0.39 is 44.9 Å². The molecular weight excluding hydrogens is 510 g/mol. The van der Waals surface area contributed by atoms with Gasteiger partial charge in [0.25, 0.3) is 10.0 Å². The predicted molar refractivity (Wildman–Crippen MR) is 119 cm³/mol. The molecule has 1 fully saturated rings. The first kappa shape index (κ1) is 24.0. The van der Waals surface area contributed by atoms with Crippen LogP contribution in [0.1, 0.15) is 42.6 Å². The lowest BCUT2D eigenvalue weighted by atomic mass is 9.85. The molecule has 2 aromatic heterocycles. The molecule has 0 saturated carbocycles. The quantitative estimate of drug-likeness (QED) is 0.465. The highest BCUT2D eigenvalue weighted by molar-refractivity contribution is 7.93. The van der Waals surface area contributed by atoms with Gasteiger partial charge in [-0.2, -0.15) is 18.3 Å². The van der Waals surface area contributed by atoms with E-state index in [-0.39, 0.29) is 36.9 Å². The van der Waals surface area contributed by atoms with Crippen molar-refractivity contribution in [2.45, 2.75) is 42.4 Å². The van der Waals surface area contributed by atoms with Crippen LogP contribution >= 0.6 is 11.3 Å². The number of aromatic nitrogens is 3. The molecule has 2 aliphatic heterocycles. The normalized spacial score (nSPS) is 23.5. The number of benzene rings is 1. The van der Waals surface area contributed by atoms with Crippen molar-refractivity contribution in [2.75, 3.05) is 17.9 Å². The van der Waals surface area contributed by atoms with Gasteiger partial charge in [0, 0.05) is 48.4 Å². The highest BCUT2D eigenvalue weighted by Crippen LogP contribution is 2.48. The number of sulfonamides is 1. The molecule has 8 nitrogen and oxygen atoms in total. The van der Waals surface area contributed by atoms with Crippen LogP contribution in [0.4, 0.5) is 22.7 Å². The highest BCUT2D eigenvalue weighted by atomic mass is 32.2. The fourth-order valence-electron chi connectivity index (χ4n) is 4.78. The molecule has 188 valence electrons. The van der Waals surface area contributed by atoms with Gasteiger partial charge in [0.2, 0.25) is 0 Å². The standard InChI is InChI=1S/C21H21F4N5O3S2/c22-14-10-13-16(30-6-2-12(21(23,24)25)9-17(30)15-1-4-27-28-15)3-7-33-18(13)11-19(14)35(31,32)29-20-26-5-8-34-20/h1,4-5,8,10-12,16-17H,2-3,6-7,9H2,(H,26,29)(H,27,28)/t12?,16-,17-/m1/s1. The van der Waals surface area contributed by atoms with E-state index >= 15 is 4.39 Å². The third kappa shape index (κ3) is 4.74. The summed E-state index contributed by atoms with van der Waals surface area (Å²) < 4.78 is 89.2. The van der Waals surface area contributed by atoms with Crippen LogP contribution in [0.5, 0.6) is 5.75 Å². The van der Waals surface area contributed by atoms with Crippen LogP contribution in [0.25, 0.3) is 0 Å². The zero-order valence-electron chi connectivity index (χ0n) is 18.1. The first-order valence-electron chi connectivity index (χ1n) is 10.8. The Kier molecular flexibility index (Phi) is 6.21. The number of thiazole rings is 1. The average molecular weight is 532 g/mol. The lowest BCUT2D eigenvalue weighted by Gasteiger charge is -2.45. The van der Waals surface area contributed by atoms with Crippen molar-refractivity contribution in [1.29, 1.82) is 0 Å². The molecule has 2 aliphatic rings. The van der Waals surface area contributed by atoms with Crippen LogP contribution in [0, 0.1) is 11.7 Å². The Morgan fingerprint density at radius 2 is 2.03 bits per heavy atom. The minimum Gasteiger partial charge on any atom is -0.493 e. The maximum Gasteiger partial charge on any atom is 0.391 e. The second-order valence-electron chi connectivity index (χ2n) is 8.44. The van der Waals surface area contributed by atoms with Gasteiger partial charge in [0.1, 0.15) is 16.5 Å². The van der Waals surface area contributed by atoms with Crippen molar-refractivity contribution in [2.24, 2.45) is 5.92 Å². The Bertz CT molecular complexity index is 1280. The number of nitrogens with one attached hydrogen (secondary N) is 2. The molecule has 1 aromatic carbocycles. The number of aromatic amines is 1. The largest absolute Gasteiger partial charge is 0.493 e. The molecule has 35 heavy (non-hydrogen) atoms. The van der Waals surface area contributed by atoms with Crippen LogP contribution in [-0.2, 0) is 10.0 Å². The number of hydrogen-bond donors (Lipinski definition) is 2. The SMILES string of the molecule is O=S(=O)(Nc1nccs1)c1cc2c(cc1F)[C@H](N1CCC(C(F)(F)F)C[C@@H]1c1ccn[nH]1)CCO2. The zero-order chi connectivity index (χ0) is 24.8. The fourth-order valence-corrected chi connectivity index (χ4v) is 6.64. The number of alkyl halides is 3. The van der Waals surface area contributed by atoms with E-state index in [2.05, 4.69) is 19.9 Å². The molecule has 0 radical (unpaired) electrons. The van der Waals surface area contributed by atoms with E-state index in [4.69, 9.17) is 4.74 Å². The molecule has 0 amide bonds. The van der Waals surface area contributed by atoms with Gasteiger partial charge in [-0.3, -0.25) is 14.7 Å². The summed E-state index contributed by atoms with van der Waals surface area (Å²) in [6.07, 6.45) is -1.26. The van der Waals surface area contributed by atoms with Crippen LogP contribution in [0.2, 0.25) is 0 Å². The maximum atomic E-state index is 15.2. The number of halogens is 4. The first-order valence-corrected chi connectivity index (χ1v) is 13.2. The number of rotatable bonds is 5. The molecule has 1 unspecified atom stereocenters. The second kappa shape index (κ2) is 9.06. The van der Waals surface area contributed by atoms with Gasteiger partial charge in [-0.25, -0.2) is 17.8 Å². The van der Waals surface area contributed by atoms with Crippen molar-refractivity contribution in [3.63, 3.8) is 0 Å². The van der Waals surface area contributed by atoms with Crippen molar-refractivity contribution in [3.8, 4) is 5.75 Å². The molecule has 3 atom stereocenters. The van der Waals surface area contributed by atoms with Crippen LogP contribution in [0.3, 0.4) is 0 Å². The Hall–Kier alpha value is -2.71. The number of fused-ring (bicyclic) bond motifs is 1. The molecule has 5 rings (SSSR count). The average Bonchev–Trinajstić information content (AvgIpc) is 3.51. The highest BCUT2D eigenvalue weighted by Gasteiger charge is 2.47. The minimum atomic E-state index is -4.32. The lowest BCUT2D eigenvalue weighted by molar-refractivity contribution is -0.192. The number of anilines is 1. The van der Waals surface area contributed by atoms with Crippen LogP contribution in [-0.4, -0.2) is 47.8 Å². The zero-order valence-corrected chi connectivity index (χ0v) is 19.8. The molecule has 0 aliphatic carbocycles. The van der Waals surface area contributed by atoms with Crippen molar-refractivity contribution in [3.05, 3.63) is 53.0 Å². The summed E-state index contributed by atoms with van der Waals surface area (Å²) in [5, 5.41) is 8.34. The molecule has 1 saturated heterocycles. The van der Waals surface area contributed by atoms with Gasteiger partial charge in [0.15, 0.2) is 5.13 Å². The summed E-state index contributed by atoms with van der Waals surface area (Å²) in [5.41, 5.74) is 0.941. The van der Waals surface area contributed by atoms with Gasteiger partial charge in [-0.15, -0.1) is 11.3 Å². The van der Waals surface area contributed by atoms with Crippen molar-refractivity contribution >= 4 is 26.5 Å². The molecular formula is C21H21F4N5O3S2. The van der Waals surface area contributed by atoms with Gasteiger partial charge in [-0.05, 0) is 25.0 Å². The summed E-state index contributed by atoms with van der Waals surface area (Å²) in [6, 6.07) is 2.79. The number of H-pyrrole nitrogens is 1. The Morgan fingerprint density at radius 1 is 1.20 bits per heavy atom. The molecule has 14 heteroatoms. The lowest BCUT2D eigenvalue weighted by Crippen LogP contribution is -2.44. The number of hydrogen-bond acceptors (Lipinski definition) is 7. The van der Waals surface area contributed by atoms with E-state index in [0.717, 1.165) is 23.5 Å². The van der Waals surface area contributed by atoms with E-state index in [1.165, 1.54) is 12.4 Å².